The zero-order valence-corrected chi connectivity index (χ0v) is 13.6. The van der Waals surface area contributed by atoms with E-state index in [2.05, 4.69) is 17.1 Å². The number of aromatic nitrogens is 1. The molecule has 1 aromatic carbocycles. The van der Waals surface area contributed by atoms with E-state index in [1.165, 1.54) is 10.9 Å². The number of nitrogens with one attached hydrogen (secondary N) is 1. The zero-order valence-electron chi connectivity index (χ0n) is 13.6. The Morgan fingerprint density at radius 3 is 2.82 bits per heavy atom. The largest absolute Gasteiger partial charge is 0.444 e. The number of benzene rings is 1. The third-order valence-electron chi connectivity index (χ3n) is 4.11. The molecule has 1 atom stereocenters. The van der Waals surface area contributed by atoms with Crippen LogP contribution in [0.4, 0.5) is 4.79 Å². The van der Waals surface area contributed by atoms with Gasteiger partial charge in [-0.1, -0.05) is 18.2 Å². The van der Waals surface area contributed by atoms with Crippen molar-refractivity contribution in [1.82, 2.24) is 9.88 Å². The number of carbonyl (C=O) groups is 1. The van der Waals surface area contributed by atoms with Gasteiger partial charge in [-0.05, 0) is 46.1 Å². The normalized spacial score (nSPS) is 19.4. The van der Waals surface area contributed by atoms with E-state index in [-0.39, 0.29) is 12.1 Å². The molecule has 0 saturated carbocycles. The van der Waals surface area contributed by atoms with Crippen molar-refractivity contribution in [2.75, 3.05) is 6.54 Å². The van der Waals surface area contributed by atoms with Crippen LogP contribution in [0, 0.1) is 0 Å². The van der Waals surface area contributed by atoms with Gasteiger partial charge in [-0.3, -0.25) is 0 Å². The number of hydrogen-bond donors (Lipinski definition) is 1. The lowest BCUT2D eigenvalue weighted by Crippen LogP contribution is -2.41. The Balaban J connectivity index is 1.91. The number of H-pyrrole nitrogens is 1. The molecule has 0 spiro atoms. The van der Waals surface area contributed by atoms with E-state index >= 15 is 0 Å². The number of amides is 1. The topological polar surface area (TPSA) is 45.3 Å². The summed E-state index contributed by atoms with van der Waals surface area (Å²) in [6, 6.07) is 8.34. The smallest absolute Gasteiger partial charge is 0.410 e. The first kappa shape index (κ1) is 14.9. The number of nitrogens with zero attached hydrogens (tertiary/aromatic N) is 1. The summed E-state index contributed by atoms with van der Waals surface area (Å²) in [7, 11) is 0. The van der Waals surface area contributed by atoms with Crippen molar-refractivity contribution >= 4 is 17.0 Å². The fourth-order valence-electron chi connectivity index (χ4n) is 3.16. The van der Waals surface area contributed by atoms with Crippen LogP contribution in [0.1, 0.15) is 51.6 Å². The molecule has 1 aliphatic heterocycles. The van der Waals surface area contributed by atoms with Crippen molar-refractivity contribution in [2.45, 2.75) is 51.7 Å². The summed E-state index contributed by atoms with van der Waals surface area (Å²) in [6.45, 7) is 6.50. The van der Waals surface area contributed by atoms with Crippen LogP contribution < -0.4 is 0 Å². The molecule has 1 amide bonds. The molecule has 3 rings (SSSR count). The number of piperidine rings is 1. The molecule has 1 unspecified atom stereocenters. The highest BCUT2D eigenvalue weighted by Crippen LogP contribution is 2.35. The van der Waals surface area contributed by atoms with Gasteiger partial charge in [0.1, 0.15) is 5.60 Å². The average molecular weight is 300 g/mol. The first-order chi connectivity index (χ1) is 10.5. The van der Waals surface area contributed by atoms with Crippen molar-refractivity contribution in [3.05, 3.63) is 36.0 Å². The highest BCUT2D eigenvalue weighted by molar-refractivity contribution is 5.84. The minimum Gasteiger partial charge on any atom is -0.444 e. The first-order valence-electron chi connectivity index (χ1n) is 8.01. The molecule has 118 valence electrons. The molecular weight excluding hydrogens is 276 g/mol. The lowest BCUT2D eigenvalue weighted by atomic mass is 9.95. The number of carbonyl (C=O) groups excluding carboxylic acids is 1. The minimum atomic E-state index is -0.459. The van der Waals surface area contributed by atoms with Crippen molar-refractivity contribution in [3.63, 3.8) is 0 Å². The van der Waals surface area contributed by atoms with Gasteiger partial charge < -0.3 is 14.6 Å². The summed E-state index contributed by atoms with van der Waals surface area (Å²) in [6.07, 6.45) is 5.00. The van der Waals surface area contributed by atoms with E-state index in [1.807, 2.05) is 44.0 Å². The molecule has 4 nitrogen and oxygen atoms in total. The third kappa shape index (κ3) is 2.96. The molecule has 2 heterocycles. The Morgan fingerprint density at radius 2 is 2.05 bits per heavy atom. The number of fused-ring (bicyclic) bond motifs is 1. The molecule has 1 saturated heterocycles. The number of likely N-dealkylation sites (tertiary alicyclic amines) is 1. The third-order valence-corrected chi connectivity index (χ3v) is 4.11. The summed E-state index contributed by atoms with van der Waals surface area (Å²) < 4.78 is 5.59. The van der Waals surface area contributed by atoms with Crippen molar-refractivity contribution in [1.29, 1.82) is 0 Å². The fraction of sp³-hybridized carbons (Fsp3) is 0.500. The number of ether oxygens (including phenoxy) is 1. The number of para-hydroxylation sites is 1. The van der Waals surface area contributed by atoms with Gasteiger partial charge in [-0.15, -0.1) is 0 Å². The number of hydrogen-bond acceptors (Lipinski definition) is 2. The molecule has 2 aromatic rings. The Kier molecular flexibility index (Phi) is 3.85. The van der Waals surface area contributed by atoms with Crippen LogP contribution in [-0.4, -0.2) is 28.1 Å². The van der Waals surface area contributed by atoms with E-state index in [0.717, 1.165) is 31.3 Å². The van der Waals surface area contributed by atoms with Crippen LogP contribution in [0.2, 0.25) is 0 Å². The van der Waals surface area contributed by atoms with E-state index in [0.29, 0.717) is 0 Å². The van der Waals surface area contributed by atoms with Crippen molar-refractivity contribution in [3.8, 4) is 0 Å². The molecular formula is C18H24N2O2. The highest BCUT2D eigenvalue weighted by Gasteiger charge is 2.32. The maximum Gasteiger partial charge on any atom is 0.410 e. The van der Waals surface area contributed by atoms with Crippen LogP contribution in [0.25, 0.3) is 10.9 Å². The molecule has 1 fully saturated rings. The van der Waals surface area contributed by atoms with Crippen LogP contribution >= 0.6 is 0 Å². The first-order valence-corrected chi connectivity index (χ1v) is 8.01. The molecule has 1 aromatic heterocycles. The van der Waals surface area contributed by atoms with Crippen LogP contribution in [0.5, 0.6) is 0 Å². The van der Waals surface area contributed by atoms with Gasteiger partial charge in [0.15, 0.2) is 0 Å². The van der Waals surface area contributed by atoms with Crippen LogP contribution in [0.3, 0.4) is 0 Å². The van der Waals surface area contributed by atoms with Crippen molar-refractivity contribution in [2.24, 2.45) is 0 Å². The van der Waals surface area contributed by atoms with E-state index in [9.17, 15) is 4.79 Å². The molecule has 1 N–H and O–H groups in total. The van der Waals surface area contributed by atoms with Gasteiger partial charge in [0, 0.05) is 29.2 Å². The van der Waals surface area contributed by atoms with Gasteiger partial charge >= 0.3 is 6.09 Å². The molecule has 1 aliphatic rings. The highest BCUT2D eigenvalue weighted by atomic mass is 16.6. The van der Waals surface area contributed by atoms with Crippen molar-refractivity contribution < 1.29 is 9.53 Å². The fourth-order valence-corrected chi connectivity index (χ4v) is 3.16. The predicted molar refractivity (Wildman–Crippen MR) is 87.8 cm³/mol. The van der Waals surface area contributed by atoms with Crippen LogP contribution in [-0.2, 0) is 4.74 Å². The van der Waals surface area contributed by atoms with Gasteiger partial charge in [-0.2, -0.15) is 0 Å². The average Bonchev–Trinajstić information content (AvgIpc) is 2.89. The monoisotopic (exact) mass is 300 g/mol. The SMILES string of the molecule is CC(C)(C)OC(=O)N1CCCCC1c1c[nH]c2ccccc12. The lowest BCUT2D eigenvalue weighted by molar-refractivity contribution is 0.00969. The van der Waals surface area contributed by atoms with Gasteiger partial charge in [0.25, 0.3) is 0 Å². The summed E-state index contributed by atoms with van der Waals surface area (Å²) in [5.41, 5.74) is 1.85. The van der Waals surface area contributed by atoms with E-state index in [1.54, 1.807) is 0 Å². The van der Waals surface area contributed by atoms with Gasteiger partial charge in [0.2, 0.25) is 0 Å². The maximum absolute atomic E-state index is 12.5. The van der Waals surface area contributed by atoms with Crippen LogP contribution in [0.15, 0.2) is 30.5 Å². The molecule has 4 heteroatoms. The second kappa shape index (κ2) is 5.67. The van der Waals surface area contributed by atoms with E-state index in [4.69, 9.17) is 4.74 Å². The number of aromatic amines is 1. The van der Waals surface area contributed by atoms with E-state index < -0.39 is 5.60 Å². The Hall–Kier alpha value is -1.97. The minimum absolute atomic E-state index is 0.0970. The summed E-state index contributed by atoms with van der Waals surface area (Å²) >= 11 is 0. The molecule has 22 heavy (non-hydrogen) atoms. The summed E-state index contributed by atoms with van der Waals surface area (Å²) in [5, 5.41) is 1.20. The standard InChI is InChI=1S/C18H24N2O2/c1-18(2,3)22-17(21)20-11-7-6-10-16(20)14-12-19-15-9-5-4-8-13(14)15/h4-5,8-9,12,16,19H,6-7,10-11H2,1-3H3. The Morgan fingerprint density at radius 1 is 1.27 bits per heavy atom. The maximum atomic E-state index is 12.5. The van der Waals surface area contributed by atoms with Gasteiger partial charge in [0.05, 0.1) is 6.04 Å². The summed E-state index contributed by atoms with van der Waals surface area (Å²) in [5.74, 6) is 0. The second-order valence-corrected chi connectivity index (χ2v) is 6.97. The lowest BCUT2D eigenvalue weighted by Gasteiger charge is -2.36. The second-order valence-electron chi connectivity index (χ2n) is 6.97. The molecule has 0 bridgehead atoms. The molecule has 0 radical (unpaired) electrons. The van der Waals surface area contributed by atoms with Gasteiger partial charge in [-0.25, -0.2) is 4.79 Å². The Labute approximate surface area is 131 Å². The molecule has 0 aliphatic carbocycles. The Bertz CT molecular complexity index is 669. The quantitative estimate of drug-likeness (QED) is 0.834. The number of rotatable bonds is 1. The zero-order chi connectivity index (χ0) is 15.7. The summed E-state index contributed by atoms with van der Waals surface area (Å²) in [4.78, 5) is 17.8. The predicted octanol–water partition coefficient (Wildman–Crippen LogP) is 4.63.